The zero-order valence-electron chi connectivity index (χ0n) is 12.4. The van der Waals surface area contributed by atoms with Crippen LogP contribution in [0.5, 0.6) is 17.2 Å². The summed E-state index contributed by atoms with van der Waals surface area (Å²) in [4.78, 5) is 0. The average molecular weight is 297 g/mol. The van der Waals surface area contributed by atoms with E-state index in [-0.39, 0.29) is 0 Å². The molecule has 0 unspecified atom stereocenters. The molecule has 4 rings (SSSR count). The molecular formula is C18H19NO3. The fourth-order valence-corrected chi connectivity index (χ4v) is 2.45. The Morgan fingerprint density at radius 1 is 0.955 bits per heavy atom. The van der Waals surface area contributed by atoms with Gasteiger partial charge >= 0.3 is 0 Å². The molecule has 0 bridgehead atoms. The summed E-state index contributed by atoms with van der Waals surface area (Å²) in [5, 5.41) is 3.51. The van der Waals surface area contributed by atoms with Crippen molar-refractivity contribution in [3.05, 3.63) is 53.6 Å². The molecule has 2 aromatic carbocycles. The van der Waals surface area contributed by atoms with Crippen LogP contribution in [0.2, 0.25) is 0 Å². The number of rotatable bonds is 6. The predicted octanol–water partition coefficient (Wildman–Crippen LogP) is 3.25. The molecule has 0 atom stereocenters. The molecule has 1 N–H and O–H groups in total. The van der Waals surface area contributed by atoms with Gasteiger partial charge in [-0.05, 0) is 48.2 Å². The third kappa shape index (κ3) is 3.17. The highest BCUT2D eigenvalue weighted by atomic mass is 16.7. The van der Waals surface area contributed by atoms with Crippen LogP contribution in [0.4, 0.5) is 0 Å². The minimum atomic E-state index is 0.302. The lowest BCUT2D eigenvalue weighted by Gasteiger charge is -2.08. The van der Waals surface area contributed by atoms with Crippen LogP contribution < -0.4 is 19.5 Å². The molecule has 2 aromatic rings. The van der Waals surface area contributed by atoms with Gasteiger partial charge in [0.15, 0.2) is 11.5 Å². The molecule has 2 aliphatic rings. The molecule has 1 saturated carbocycles. The van der Waals surface area contributed by atoms with Crippen molar-refractivity contribution in [2.75, 3.05) is 6.79 Å². The highest BCUT2D eigenvalue weighted by molar-refractivity contribution is 5.44. The molecular weight excluding hydrogens is 278 g/mol. The molecule has 0 radical (unpaired) electrons. The number of nitrogens with one attached hydrogen (secondary N) is 1. The molecule has 4 heteroatoms. The first-order valence-electron chi connectivity index (χ1n) is 7.70. The van der Waals surface area contributed by atoms with E-state index in [9.17, 15) is 0 Å². The fourth-order valence-electron chi connectivity index (χ4n) is 2.45. The van der Waals surface area contributed by atoms with Crippen LogP contribution in [-0.4, -0.2) is 12.8 Å². The van der Waals surface area contributed by atoms with Crippen molar-refractivity contribution in [1.29, 1.82) is 0 Å². The second kappa shape index (κ2) is 5.89. The fraction of sp³-hybridized carbons (Fsp3) is 0.333. The molecule has 1 aliphatic carbocycles. The lowest BCUT2D eigenvalue weighted by atomic mass is 10.2. The summed E-state index contributed by atoms with van der Waals surface area (Å²) in [6.07, 6.45) is 2.63. The Kier molecular flexibility index (Phi) is 3.60. The van der Waals surface area contributed by atoms with E-state index in [4.69, 9.17) is 14.2 Å². The van der Waals surface area contributed by atoms with Crippen LogP contribution in [-0.2, 0) is 13.2 Å². The van der Waals surface area contributed by atoms with Gasteiger partial charge in [0.1, 0.15) is 12.4 Å². The maximum atomic E-state index is 5.83. The number of fused-ring (bicyclic) bond motifs is 1. The van der Waals surface area contributed by atoms with E-state index in [1.165, 1.54) is 18.4 Å². The van der Waals surface area contributed by atoms with Crippen LogP contribution in [0.25, 0.3) is 0 Å². The van der Waals surface area contributed by atoms with E-state index in [0.29, 0.717) is 13.4 Å². The third-order valence-electron chi connectivity index (χ3n) is 3.94. The van der Waals surface area contributed by atoms with E-state index < -0.39 is 0 Å². The first kappa shape index (κ1) is 13.5. The molecule has 0 amide bonds. The van der Waals surface area contributed by atoms with Crippen LogP contribution in [0.15, 0.2) is 42.5 Å². The Morgan fingerprint density at radius 3 is 2.55 bits per heavy atom. The Morgan fingerprint density at radius 2 is 1.73 bits per heavy atom. The SMILES string of the molecule is c1cc(OCc2ccc3c(c2)OCO3)ccc1CNC1CC1. The van der Waals surface area contributed by atoms with Crippen LogP contribution in [0, 0.1) is 0 Å². The second-order valence-electron chi connectivity index (χ2n) is 5.78. The van der Waals surface area contributed by atoms with Gasteiger partial charge in [0.05, 0.1) is 0 Å². The van der Waals surface area contributed by atoms with Crippen molar-refractivity contribution < 1.29 is 14.2 Å². The molecule has 0 aromatic heterocycles. The predicted molar refractivity (Wildman–Crippen MR) is 83.2 cm³/mol. The van der Waals surface area contributed by atoms with Gasteiger partial charge in [0.2, 0.25) is 6.79 Å². The zero-order chi connectivity index (χ0) is 14.8. The van der Waals surface area contributed by atoms with Crippen molar-refractivity contribution in [1.82, 2.24) is 5.32 Å². The number of hydrogen-bond acceptors (Lipinski definition) is 4. The summed E-state index contributed by atoms with van der Waals surface area (Å²) in [6, 6.07) is 14.9. The van der Waals surface area contributed by atoms with Gasteiger partial charge in [-0.25, -0.2) is 0 Å². The van der Waals surface area contributed by atoms with E-state index in [0.717, 1.165) is 35.4 Å². The lowest BCUT2D eigenvalue weighted by Crippen LogP contribution is -2.15. The molecule has 0 saturated heterocycles. The molecule has 1 heterocycles. The first-order valence-corrected chi connectivity index (χ1v) is 7.70. The zero-order valence-corrected chi connectivity index (χ0v) is 12.4. The highest BCUT2D eigenvalue weighted by Gasteiger charge is 2.19. The van der Waals surface area contributed by atoms with Crippen molar-refractivity contribution in [3.8, 4) is 17.2 Å². The summed E-state index contributed by atoms with van der Waals surface area (Å²) in [5.41, 5.74) is 2.37. The van der Waals surface area contributed by atoms with Gasteiger partial charge in [0, 0.05) is 12.6 Å². The summed E-state index contributed by atoms with van der Waals surface area (Å²) < 4.78 is 16.5. The quantitative estimate of drug-likeness (QED) is 0.888. The Bertz CT molecular complexity index is 650. The molecule has 22 heavy (non-hydrogen) atoms. The van der Waals surface area contributed by atoms with Crippen molar-refractivity contribution >= 4 is 0 Å². The second-order valence-corrected chi connectivity index (χ2v) is 5.78. The molecule has 1 fully saturated rings. The van der Waals surface area contributed by atoms with Crippen molar-refractivity contribution in [2.24, 2.45) is 0 Å². The summed E-state index contributed by atoms with van der Waals surface area (Å²) in [6.45, 7) is 1.76. The normalized spacial score (nSPS) is 15.8. The Hall–Kier alpha value is -2.20. The monoisotopic (exact) mass is 297 g/mol. The summed E-state index contributed by atoms with van der Waals surface area (Å²) in [5.74, 6) is 2.48. The van der Waals surface area contributed by atoms with Gasteiger partial charge in [-0.2, -0.15) is 0 Å². The molecule has 114 valence electrons. The summed E-state index contributed by atoms with van der Waals surface area (Å²) >= 11 is 0. The van der Waals surface area contributed by atoms with Gasteiger partial charge < -0.3 is 19.5 Å². The van der Waals surface area contributed by atoms with Crippen molar-refractivity contribution in [2.45, 2.75) is 32.0 Å². The summed E-state index contributed by atoms with van der Waals surface area (Å²) in [7, 11) is 0. The van der Waals surface area contributed by atoms with Crippen LogP contribution in [0.3, 0.4) is 0 Å². The van der Waals surface area contributed by atoms with E-state index in [1.54, 1.807) is 0 Å². The maximum Gasteiger partial charge on any atom is 0.231 e. The van der Waals surface area contributed by atoms with Crippen LogP contribution >= 0.6 is 0 Å². The van der Waals surface area contributed by atoms with Gasteiger partial charge in [0.25, 0.3) is 0 Å². The minimum Gasteiger partial charge on any atom is -0.489 e. The number of ether oxygens (including phenoxy) is 3. The smallest absolute Gasteiger partial charge is 0.231 e. The Labute approximate surface area is 130 Å². The standard InChI is InChI=1S/C18H19NO3/c1-6-16(7-2-13(1)10-19-15-4-5-15)20-11-14-3-8-17-18(9-14)22-12-21-17/h1-3,6-9,15,19H,4-5,10-12H2. The van der Waals surface area contributed by atoms with Gasteiger partial charge in [-0.15, -0.1) is 0 Å². The highest BCUT2D eigenvalue weighted by Crippen LogP contribution is 2.32. The average Bonchev–Trinajstić information content (AvgIpc) is 3.27. The van der Waals surface area contributed by atoms with Crippen molar-refractivity contribution in [3.63, 3.8) is 0 Å². The van der Waals surface area contributed by atoms with Crippen LogP contribution in [0.1, 0.15) is 24.0 Å². The molecule has 4 nitrogen and oxygen atoms in total. The lowest BCUT2D eigenvalue weighted by molar-refractivity contribution is 0.174. The van der Waals surface area contributed by atoms with E-state index >= 15 is 0 Å². The van der Waals surface area contributed by atoms with Gasteiger partial charge in [-0.3, -0.25) is 0 Å². The van der Waals surface area contributed by atoms with Gasteiger partial charge in [-0.1, -0.05) is 18.2 Å². The molecule has 1 aliphatic heterocycles. The maximum absolute atomic E-state index is 5.83. The largest absolute Gasteiger partial charge is 0.489 e. The number of hydrogen-bond donors (Lipinski definition) is 1. The van der Waals surface area contributed by atoms with E-state index in [2.05, 4.69) is 17.4 Å². The third-order valence-corrected chi connectivity index (χ3v) is 3.94. The van der Waals surface area contributed by atoms with E-state index in [1.807, 2.05) is 30.3 Å². The minimum absolute atomic E-state index is 0.302. The number of benzene rings is 2. The molecule has 0 spiro atoms. The Balaban J connectivity index is 1.32. The first-order chi connectivity index (χ1) is 10.9. The topological polar surface area (TPSA) is 39.7 Å².